The van der Waals surface area contributed by atoms with Crippen LogP contribution in [0.2, 0.25) is 0 Å². The predicted molar refractivity (Wildman–Crippen MR) is 69.8 cm³/mol. The van der Waals surface area contributed by atoms with Crippen molar-refractivity contribution in [3.63, 3.8) is 0 Å². The first-order valence-electron chi connectivity index (χ1n) is 6.26. The number of nitrogens with zero attached hydrogens (tertiary/aromatic N) is 3. The maximum atomic E-state index is 13.1. The van der Waals surface area contributed by atoms with Crippen molar-refractivity contribution in [1.82, 2.24) is 14.5 Å². The number of nitrogens with two attached hydrogens (primary N) is 1. The van der Waals surface area contributed by atoms with Crippen molar-refractivity contribution in [1.29, 1.82) is 0 Å². The summed E-state index contributed by atoms with van der Waals surface area (Å²) in [6, 6.07) is 5.14. The Morgan fingerprint density at radius 2 is 2.33 bits per heavy atom. The summed E-state index contributed by atoms with van der Waals surface area (Å²) in [4.78, 5) is 6.57. The molecule has 0 radical (unpaired) electrons. The molecular formula is C13H17FN4. The molecule has 0 bridgehead atoms. The lowest BCUT2D eigenvalue weighted by atomic mass is 10.2. The number of benzene rings is 1. The molecule has 18 heavy (non-hydrogen) atoms. The predicted octanol–water partition coefficient (Wildman–Crippen LogP) is 1.85. The van der Waals surface area contributed by atoms with Gasteiger partial charge in [-0.25, -0.2) is 9.37 Å². The van der Waals surface area contributed by atoms with Gasteiger partial charge in [0.2, 0.25) is 5.95 Å². The zero-order chi connectivity index (χ0) is 12.7. The van der Waals surface area contributed by atoms with Crippen LogP contribution in [-0.4, -0.2) is 34.1 Å². The maximum absolute atomic E-state index is 13.1. The minimum absolute atomic E-state index is 0.273. The average molecular weight is 248 g/mol. The normalized spacial score (nSPS) is 20.9. The van der Waals surface area contributed by atoms with Crippen molar-refractivity contribution in [2.75, 3.05) is 19.3 Å². The Hall–Kier alpha value is -1.62. The summed E-state index contributed by atoms with van der Waals surface area (Å²) in [6.45, 7) is 1.95. The third-order valence-corrected chi connectivity index (χ3v) is 3.80. The standard InChI is InChI=1S/C13H17FN4/c1-17-6-2-3-10(17)8-18-12-5-4-9(14)7-11(12)16-13(18)15/h4-5,7,10H,2-3,6,8H2,1H3,(H2,15,16). The summed E-state index contributed by atoms with van der Waals surface area (Å²) in [5.41, 5.74) is 7.48. The number of anilines is 1. The van der Waals surface area contributed by atoms with E-state index in [1.165, 1.54) is 25.0 Å². The molecule has 0 amide bonds. The number of aromatic nitrogens is 2. The van der Waals surface area contributed by atoms with Gasteiger partial charge < -0.3 is 15.2 Å². The van der Waals surface area contributed by atoms with E-state index in [9.17, 15) is 4.39 Å². The van der Waals surface area contributed by atoms with Gasteiger partial charge in [-0.05, 0) is 38.6 Å². The molecule has 1 atom stereocenters. The minimum atomic E-state index is -0.273. The zero-order valence-electron chi connectivity index (χ0n) is 10.4. The van der Waals surface area contributed by atoms with E-state index in [-0.39, 0.29) is 5.82 Å². The number of hydrogen-bond donors (Lipinski definition) is 1. The Morgan fingerprint density at radius 1 is 1.50 bits per heavy atom. The SMILES string of the molecule is CN1CCCC1Cn1c(N)nc2cc(F)ccc21. The van der Waals surface area contributed by atoms with Gasteiger partial charge in [0.1, 0.15) is 5.82 Å². The number of nitrogen functional groups attached to an aromatic ring is 1. The number of fused-ring (bicyclic) bond motifs is 1. The van der Waals surface area contributed by atoms with Crippen LogP contribution in [-0.2, 0) is 6.54 Å². The molecule has 96 valence electrons. The molecule has 5 heteroatoms. The number of likely N-dealkylation sites (tertiary alicyclic amines) is 1. The molecule has 4 nitrogen and oxygen atoms in total. The summed E-state index contributed by atoms with van der Waals surface area (Å²) in [5.74, 6) is 0.195. The van der Waals surface area contributed by atoms with Gasteiger partial charge in [0.05, 0.1) is 11.0 Å². The topological polar surface area (TPSA) is 47.1 Å². The number of rotatable bonds is 2. The van der Waals surface area contributed by atoms with Crippen LogP contribution < -0.4 is 5.73 Å². The molecule has 1 aromatic carbocycles. The van der Waals surface area contributed by atoms with Gasteiger partial charge in [-0.2, -0.15) is 0 Å². The highest BCUT2D eigenvalue weighted by atomic mass is 19.1. The molecule has 2 aromatic rings. The van der Waals surface area contributed by atoms with Crippen LogP contribution >= 0.6 is 0 Å². The van der Waals surface area contributed by atoms with E-state index < -0.39 is 0 Å². The molecule has 2 N–H and O–H groups in total. The van der Waals surface area contributed by atoms with Crippen LogP contribution in [0.15, 0.2) is 18.2 Å². The van der Waals surface area contributed by atoms with Gasteiger partial charge >= 0.3 is 0 Å². The monoisotopic (exact) mass is 248 g/mol. The number of likely N-dealkylation sites (N-methyl/N-ethyl adjacent to an activating group) is 1. The molecule has 1 fully saturated rings. The molecule has 0 saturated carbocycles. The molecule has 1 aliphatic rings. The second kappa shape index (κ2) is 4.24. The highest BCUT2D eigenvalue weighted by molar-refractivity contribution is 5.78. The lowest BCUT2D eigenvalue weighted by molar-refractivity contribution is 0.285. The van der Waals surface area contributed by atoms with E-state index in [1.807, 2.05) is 4.57 Å². The summed E-state index contributed by atoms with van der Waals surface area (Å²) in [6.07, 6.45) is 2.40. The average Bonchev–Trinajstić information content (AvgIpc) is 2.85. The first-order chi connectivity index (χ1) is 8.65. The highest BCUT2D eigenvalue weighted by Gasteiger charge is 2.22. The molecule has 0 spiro atoms. The molecule has 1 aromatic heterocycles. The highest BCUT2D eigenvalue weighted by Crippen LogP contribution is 2.23. The summed E-state index contributed by atoms with van der Waals surface area (Å²) in [7, 11) is 2.13. The molecule has 1 aliphatic heterocycles. The first-order valence-corrected chi connectivity index (χ1v) is 6.26. The largest absolute Gasteiger partial charge is 0.369 e. The van der Waals surface area contributed by atoms with Crippen molar-refractivity contribution in [3.8, 4) is 0 Å². The minimum Gasteiger partial charge on any atom is -0.369 e. The van der Waals surface area contributed by atoms with E-state index in [2.05, 4.69) is 16.9 Å². The number of hydrogen-bond acceptors (Lipinski definition) is 3. The van der Waals surface area contributed by atoms with Crippen molar-refractivity contribution < 1.29 is 4.39 Å². The second-order valence-corrected chi connectivity index (χ2v) is 4.99. The number of imidazole rings is 1. The molecule has 1 saturated heterocycles. The summed E-state index contributed by atoms with van der Waals surface area (Å²) in [5, 5.41) is 0. The van der Waals surface area contributed by atoms with E-state index in [1.54, 1.807) is 6.07 Å². The Kier molecular flexibility index (Phi) is 2.70. The van der Waals surface area contributed by atoms with Crippen LogP contribution in [0.25, 0.3) is 11.0 Å². The Labute approximate surface area is 105 Å². The molecule has 3 rings (SSSR count). The number of halogens is 1. The van der Waals surface area contributed by atoms with Gasteiger partial charge in [0.15, 0.2) is 0 Å². The van der Waals surface area contributed by atoms with Crippen LogP contribution in [0.5, 0.6) is 0 Å². The van der Waals surface area contributed by atoms with Gasteiger partial charge in [0.25, 0.3) is 0 Å². The fourth-order valence-corrected chi connectivity index (χ4v) is 2.73. The fraction of sp³-hybridized carbons (Fsp3) is 0.462. The molecular weight excluding hydrogens is 231 g/mol. The van der Waals surface area contributed by atoms with E-state index in [0.29, 0.717) is 17.5 Å². The van der Waals surface area contributed by atoms with Gasteiger partial charge in [-0.1, -0.05) is 0 Å². The van der Waals surface area contributed by atoms with E-state index in [4.69, 9.17) is 5.73 Å². The Balaban J connectivity index is 1.98. The van der Waals surface area contributed by atoms with Crippen molar-refractivity contribution in [3.05, 3.63) is 24.0 Å². The van der Waals surface area contributed by atoms with Crippen molar-refractivity contribution in [2.24, 2.45) is 0 Å². The maximum Gasteiger partial charge on any atom is 0.201 e. The summed E-state index contributed by atoms with van der Waals surface area (Å²) >= 11 is 0. The fourth-order valence-electron chi connectivity index (χ4n) is 2.73. The lowest BCUT2D eigenvalue weighted by Crippen LogP contribution is -2.29. The van der Waals surface area contributed by atoms with E-state index in [0.717, 1.165) is 18.6 Å². The van der Waals surface area contributed by atoms with Gasteiger partial charge in [-0.3, -0.25) is 0 Å². The quantitative estimate of drug-likeness (QED) is 0.882. The van der Waals surface area contributed by atoms with Crippen LogP contribution in [0, 0.1) is 5.82 Å². The zero-order valence-corrected chi connectivity index (χ0v) is 10.4. The van der Waals surface area contributed by atoms with Crippen LogP contribution in [0.4, 0.5) is 10.3 Å². The second-order valence-electron chi connectivity index (χ2n) is 4.99. The molecule has 2 heterocycles. The third-order valence-electron chi connectivity index (χ3n) is 3.80. The third kappa shape index (κ3) is 1.84. The Bertz CT molecular complexity index is 578. The first kappa shape index (κ1) is 11.5. The van der Waals surface area contributed by atoms with Crippen LogP contribution in [0.1, 0.15) is 12.8 Å². The van der Waals surface area contributed by atoms with Gasteiger partial charge in [0, 0.05) is 18.7 Å². The lowest BCUT2D eigenvalue weighted by Gasteiger charge is -2.20. The van der Waals surface area contributed by atoms with E-state index >= 15 is 0 Å². The molecule has 0 aliphatic carbocycles. The van der Waals surface area contributed by atoms with Crippen LogP contribution in [0.3, 0.4) is 0 Å². The van der Waals surface area contributed by atoms with Crippen molar-refractivity contribution >= 4 is 17.0 Å². The molecule has 1 unspecified atom stereocenters. The van der Waals surface area contributed by atoms with Gasteiger partial charge in [-0.15, -0.1) is 0 Å². The van der Waals surface area contributed by atoms with Crippen molar-refractivity contribution in [2.45, 2.75) is 25.4 Å². The summed E-state index contributed by atoms with van der Waals surface area (Å²) < 4.78 is 15.1. The Morgan fingerprint density at radius 3 is 3.06 bits per heavy atom. The smallest absolute Gasteiger partial charge is 0.201 e.